The number of carbonyl (C=O) groups excluding carboxylic acids is 2. The van der Waals surface area contributed by atoms with Gasteiger partial charge in [-0.2, -0.15) is 0 Å². The Balaban J connectivity index is 2.91. The van der Waals surface area contributed by atoms with Gasteiger partial charge in [-0.25, -0.2) is 4.79 Å². The number of amides is 1. The lowest BCUT2D eigenvalue weighted by Gasteiger charge is -2.04. The fraction of sp³-hybridized carbons (Fsp3) is 0.375. The molecule has 1 aliphatic rings. The van der Waals surface area contributed by atoms with Crippen LogP contribution in [0.2, 0.25) is 0 Å². The smallest absolute Gasteiger partial charge is 0.331 e. The van der Waals surface area contributed by atoms with E-state index in [2.05, 4.69) is 9.73 Å². The van der Waals surface area contributed by atoms with Crippen molar-refractivity contribution in [3.63, 3.8) is 0 Å². The summed E-state index contributed by atoms with van der Waals surface area (Å²) in [6.07, 6.45) is 1.17. The number of rotatable bonds is 1. The molecule has 1 saturated heterocycles. The fourth-order valence-electron chi connectivity index (χ4n) is 0.915. The Morgan fingerprint density at radius 3 is 2.71 bits per heavy atom. The van der Waals surface area contributed by atoms with Gasteiger partial charge in [0.15, 0.2) is 5.17 Å². The van der Waals surface area contributed by atoms with Gasteiger partial charge < -0.3 is 4.74 Å². The number of aliphatic imine (C=N–C) groups is 1. The van der Waals surface area contributed by atoms with Crippen LogP contribution < -0.4 is 0 Å². The molecule has 0 atom stereocenters. The molecule has 1 amide bonds. The van der Waals surface area contributed by atoms with Gasteiger partial charge in [-0.1, -0.05) is 0 Å². The third-order valence-corrected chi connectivity index (χ3v) is 2.80. The van der Waals surface area contributed by atoms with E-state index in [-0.39, 0.29) is 5.91 Å². The summed E-state index contributed by atoms with van der Waals surface area (Å²) in [6, 6.07) is 0. The molecule has 1 heterocycles. The maximum absolute atomic E-state index is 11.5. The lowest BCUT2D eigenvalue weighted by molar-refractivity contribution is -0.135. The quantitative estimate of drug-likeness (QED) is 0.463. The monoisotopic (exact) mass is 214 g/mol. The van der Waals surface area contributed by atoms with Crippen LogP contribution in [-0.2, 0) is 14.3 Å². The van der Waals surface area contributed by atoms with Gasteiger partial charge in [-0.05, 0) is 11.8 Å². The first-order chi connectivity index (χ1) is 6.60. The van der Waals surface area contributed by atoms with Crippen LogP contribution in [0.4, 0.5) is 0 Å². The van der Waals surface area contributed by atoms with E-state index in [1.54, 1.807) is 14.1 Å². The highest BCUT2D eigenvalue weighted by Gasteiger charge is 2.30. The fourth-order valence-corrected chi connectivity index (χ4v) is 1.80. The summed E-state index contributed by atoms with van der Waals surface area (Å²) < 4.78 is 4.43. The molecule has 0 saturated carbocycles. The van der Waals surface area contributed by atoms with Crippen molar-refractivity contribution in [1.82, 2.24) is 4.90 Å². The highest BCUT2D eigenvalue weighted by Crippen LogP contribution is 2.29. The summed E-state index contributed by atoms with van der Waals surface area (Å²) in [6.45, 7) is 0. The zero-order chi connectivity index (χ0) is 10.7. The zero-order valence-corrected chi connectivity index (χ0v) is 8.92. The molecule has 1 aliphatic heterocycles. The lowest BCUT2D eigenvalue weighted by atomic mass is 10.4. The molecule has 6 heteroatoms. The molecule has 0 radical (unpaired) electrons. The predicted molar refractivity (Wildman–Crippen MR) is 53.8 cm³/mol. The molecule has 0 N–H and O–H groups in total. The molecule has 76 valence electrons. The van der Waals surface area contributed by atoms with Crippen LogP contribution in [0, 0.1) is 0 Å². The summed E-state index contributed by atoms with van der Waals surface area (Å²) in [5.41, 5.74) is 0. The molecule has 1 rings (SSSR count). The number of carbonyl (C=O) groups is 2. The number of hydrogen-bond donors (Lipinski definition) is 0. The van der Waals surface area contributed by atoms with Gasteiger partial charge in [0.05, 0.1) is 12.0 Å². The second-order valence-electron chi connectivity index (χ2n) is 2.50. The van der Waals surface area contributed by atoms with Crippen LogP contribution in [0.3, 0.4) is 0 Å². The number of likely N-dealkylation sites (N-methyl/N-ethyl adjacent to an activating group) is 1. The Hall–Kier alpha value is -1.30. The van der Waals surface area contributed by atoms with Gasteiger partial charge >= 0.3 is 5.97 Å². The molecule has 0 aliphatic carbocycles. The van der Waals surface area contributed by atoms with Crippen molar-refractivity contribution < 1.29 is 14.3 Å². The highest BCUT2D eigenvalue weighted by molar-refractivity contribution is 8.18. The SMILES string of the molecule is CN=C1S/C(=C/C(=O)OC)C(=O)N1C. The maximum Gasteiger partial charge on any atom is 0.331 e. The summed E-state index contributed by atoms with van der Waals surface area (Å²) in [4.78, 5) is 28.0. The summed E-state index contributed by atoms with van der Waals surface area (Å²) in [7, 11) is 4.46. The molecule has 0 aromatic heterocycles. The van der Waals surface area contributed by atoms with E-state index in [0.29, 0.717) is 10.1 Å². The Kier molecular flexibility index (Phi) is 3.29. The first-order valence-corrected chi connectivity index (χ1v) is 4.64. The minimum Gasteiger partial charge on any atom is -0.466 e. The van der Waals surface area contributed by atoms with Crippen LogP contribution in [0.5, 0.6) is 0 Å². The number of thioether (sulfide) groups is 1. The number of methoxy groups -OCH3 is 1. The average molecular weight is 214 g/mol. The molecule has 5 nitrogen and oxygen atoms in total. The van der Waals surface area contributed by atoms with Crippen LogP contribution in [0.1, 0.15) is 0 Å². The number of nitrogens with zero attached hydrogens (tertiary/aromatic N) is 2. The van der Waals surface area contributed by atoms with Gasteiger partial charge in [0.2, 0.25) is 0 Å². The Morgan fingerprint density at radius 2 is 2.29 bits per heavy atom. The first kappa shape index (κ1) is 10.8. The molecule has 0 aromatic carbocycles. The number of esters is 1. The molecule has 14 heavy (non-hydrogen) atoms. The van der Waals surface area contributed by atoms with Crippen molar-refractivity contribution in [2.45, 2.75) is 0 Å². The minimum absolute atomic E-state index is 0.235. The summed E-state index contributed by atoms with van der Waals surface area (Å²) in [5, 5.41) is 0.574. The van der Waals surface area contributed by atoms with E-state index >= 15 is 0 Å². The van der Waals surface area contributed by atoms with Gasteiger partial charge in [0.1, 0.15) is 0 Å². The average Bonchev–Trinajstić information content (AvgIpc) is 2.45. The summed E-state index contributed by atoms with van der Waals surface area (Å²) in [5.74, 6) is -0.771. The third kappa shape index (κ3) is 1.95. The zero-order valence-electron chi connectivity index (χ0n) is 8.10. The van der Waals surface area contributed by atoms with Crippen molar-refractivity contribution in [1.29, 1.82) is 0 Å². The van der Waals surface area contributed by atoms with E-state index in [4.69, 9.17) is 0 Å². The minimum atomic E-state index is -0.536. The Bertz CT molecular complexity index is 335. The van der Waals surface area contributed by atoms with Crippen molar-refractivity contribution in [2.75, 3.05) is 21.2 Å². The molecular weight excluding hydrogens is 204 g/mol. The standard InChI is InChI=1S/C8H10N2O3S/c1-9-8-10(2)7(12)5(14-8)4-6(11)13-3/h4H,1-3H3/b5-4+,9-8?. The largest absolute Gasteiger partial charge is 0.466 e. The first-order valence-electron chi connectivity index (χ1n) is 3.82. The van der Waals surface area contributed by atoms with Crippen LogP contribution in [0.25, 0.3) is 0 Å². The second kappa shape index (κ2) is 4.28. The lowest BCUT2D eigenvalue weighted by Crippen LogP contribution is -2.23. The van der Waals surface area contributed by atoms with Crippen LogP contribution in [-0.4, -0.2) is 43.1 Å². The van der Waals surface area contributed by atoms with E-state index in [1.165, 1.54) is 18.1 Å². The topological polar surface area (TPSA) is 59.0 Å². The molecule has 0 spiro atoms. The summed E-state index contributed by atoms with van der Waals surface area (Å²) >= 11 is 1.16. The normalized spacial score (nSPS) is 22.2. The molecule has 0 unspecified atom stereocenters. The predicted octanol–water partition coefficient (Wildman–Crippen LogP) is 0.234. The van der Waals surface area contributed by atoms with Gasteiger partial charge in [-0.3, -0.25) is 14.7 Å². The van der Waals surface area contributed by atoms with Crippen molar-refractivity contribution in [2.24, 2.45) is 4.99 Å². The van der Waals surface area contributed by atoms with Crippen molar-refractivity contribution >= 4 is 28.8 Å². The van der Waals surface area contributed by atoms with Crippen molar-refractivity contribution in [3.8, 4) is 0 Å². The van der Waals surface area contributed by atoms with E-state index in [1.807, 2.05) is 0 Å². The van der Waals surface area contributed by atoms with E-state index in [9.17, 15) is 9.59 Å². The molecule has 0 bridgehead atoms. The third-order valence-electron chi connectivity index (χ3n) is 1.65. The van der Waals surface area contributed by atoms with Crippen LogP contribution in [0.15, 0.2) is 16.0 Å². The molecule has 1 fully saturated rings. The van der Waals surface area contributed by atoms with Gasteiger partial charge in [0, 0.05) is 20.2 Å². The molecule has 0 aromatic rings. The molecular formula is C8H10N2O3S. The number of amidine groups is 1. The van der Waals surface area contributed by atoms with E-state index < -0.39 is 5.97 Å². The van der Waals surface area contributed by atoms with Crippen molar-refractivity contribution in [3.05, 3.63) is 11.0 Å². The Morgan fingerprint density at radius 1 is 1.64 bits per heavy atom. The van der Waals surface area contributed by atoms with Gasteiger partial charge in [0.25, 0.3) is 5.91 Å². The second-order valence-corrected chi connectivity index (χ2v) is 3.51. The number of ether oxygens (including phenoxy) is 1. The van der Waals surface area contributed by atoms with Crippen LogP contribution >= 0.6 is 11.8 Å². The van der Waals surface area contributed by atoms with Gasteiger partial charge in [-0.15, -0.1) is 0 Å². The van der Waals surface area contributed by atoms with E-state index in [0.717, 1.165) is 11.8 Å². The highest BCUT2D eigenvalue weighted by atomic mass is 32.2. The number of hydrogen-bond acceptors (Lipinski definition) is 5. The Labute approximate surface area is 85.8 Å². The maximum atomic E-state index is 11.5.